The van der Waals surface area contributed by atoms with Gasteiger partial charge in [0.05, 0.1) is 5.56 Å². The second-order valence-corrected chi connectivity index (χ2v) is 6.92. The van der Waals surface area contributed by atoms with Gasteiger partial charge in [0.25, 0.3) is 5.91 Å². The molecular formula is C12H16BrFN2O3S. The van der Waals surface area contributed by atoms with Crippen molar-refractivity contribution in [3.63, 3.8) is 0 Å². The number of amides is 1. The van der Waals surface area contributed by atoms with Gasteiger partial charge in [0.1, 0.15) is 10.7 Å². The summed E-state index contributed by atoms with van der Waals surface area (Å²) < 4.78 is 36.2. The Hall–Kier alpha value is -0.990. The second kappa shape index (κ2) is 6.64. The Morgan fingerprint density at radius 1 is 1.50 bits per heavy atom. The maximum Gasteiger partial charge on any atom is 0.252 e. The Labute approximate surface area is 125 Å². The van der Waals surface area contributed by atoms with Crippen molar-refractivity contribution in [2.24, 2.45) is 11.1 Å². The van der Waals surface area contributed by atoms with Crippen LogP contribution in [0.25, 0.3) is 0 Å². The number of nitrogens with two attached hydrogens (primary N) is 1. The molecule has 1 unspecified atom stereocenters. The minimum absolute atomic E-state index is 0.0266. The number of carbonyl (C=O) groups excluding carboxylic acids is 1. The Kier molecular flexibility index (Phi) is 5.67. The van der Waals surface area contributed by atoms with E-state index in [1.54, 1.807) is 0 Å². The molecule has 1 amide bonds. The van der Waals surface area contributed by atoms with Crippen molar-refractivity contribution < 1.29 is 17.6 Å². The fourth-order valence-electron chi connectivity index (χ4n) is 1.43. The average molecular weight is 367 g/mol. The third-order valence-corrected chi connectivity index (χ3v) is 4.46. The van der Waals surface area contributed by atoms with E-state index in [2.05, 4.69) is 21.2 Å². The van der Waals surface area contributed by atoms with Crippen molar-refractivity contribution in [1.29, 1.82) is 0 Å². The first-order valence-electron chi connectivity index (χ1n) is 5.96. The highest BCUT2D eigenvalue weighted by atomic mass is 79.9. The standard InChI is InChI=1S/C12H16BrFN2O3S/c1-3-7(2)6-16-12(17)8-4-11(20(15,18)19)10(14)5-9(8)13/h4-5,7H,3,6H2,1-2H3,(H,16,17)(H2,15,18,19). The molecule has 0 aliphatic heterocycles. The van der Waals surface area contributed by atoms with Crippen LogP contribution in [0.15, 0.2) is 21.5 Å². The fourth-order valence-corrected chi connectivity index (χ4v) is 2.54. The van der Waals surface area contributed by atoms with Crippen LogP contribution in [0.5, 0.6) is 0 Å². The summed E-state index contributed by atoms with van der Waals surface area (Å²) in [5.74, 6) is -1.20. The van der Waals surface area contributed by atoms with Crippen LogP contribution >= 0.6 is 15.9 Å². The quantitative estimate of drug-likeness (QED) is 0.834. The molecule has 0 saturated heterocycles. The summed E-state index contributed by atoms with van der Waals surface area (Å²) >= 11 is 3.04. The molecule has 1 aromatic rings. The largest absolute Gasteiger partial charge is 0.352 e. The minimum Gasteiger partial charge on any atom is -0.352 e. The number of sulfonamides is 1. The van der Waals surface area contributed by atoms with Gasteiger partial charge in [-0.3, -0.25) is 4.79 Å². The lowest BCUT2D eigenvalue weighted by atomic mass is 10.1. The van der Waals surface area contributed by atoms with Crippen molar-refractivity contribution in [2.75, 3.05) is 6.54 Å². The first-order valence-corrected chi connectivity index (χ1v) is 8.30. The Morgan fingerprint density at radius 3 is 2.60 bits per heavy atom. The first-order chi connectivity index (χ1) is 9.16. The number of rotatable bonds is 5. The van der Waals surface area contributed by atoms with Crippen molar-refractivity contribution >= 4 is 31.9 Å². The third kappa shape index (κ3) is 4.26. The van der Waals surface area contributed by atoms with Gasteiger partial charge >= 0.3 is 0 Å². The lowest BCUT2D eigenvalue weighted by Gasteiger charge is -2.12. The van der Waals surface area contributed by atoms with Gasteiger partial charge in [0.15, 0.2) is 0 Å². The molecule has 0 saturated carbocycles. The molecule has 112 valence electrons. The van der Waals surface area contributed by atoms with Crippen LogP contribution in [0, 0.1) is 11.7 Å². The summed E-state index contributed by atoms with van der Waals surface area (Å²) in [6.45, 7) is 4.41. The van der Waals surface area contributed by atoms with E-state index in [9.17, 15) is 17.6 Å². The summed E-state index contributed by atoms with van der Waals surface area (Å²) in [5, 5.41) is 7.57. The first kappa shape index (κ1) is 17.1. The summed E-state index contributed by atoms with van der Waals surface area (Å²) in [6.07, 6.45) is 0.896. The number of hydrogen-bond donors (Lipinski definition) is 2. The van der Waals surface area contributed by atoms with E-state index in [1.165, 1.54) is 0 Å². The zero-order valence-corrected chi connectivity index (χ0v) is 13.5. The lowest BCUT2D eigenvalue weighted by Crippen LogP contribution is -2.28. The van der Waals surface area contributed by atoms with E-state index in [0.29, 0.717) is 6.54 Å². The molecule has 0 aliphatic rings. The second-order valence-electron chi connectivity index (χ2n) is 4.53. The highest BCUT2D eigenvalue weighted by Crippen LogP contribution is 2.23. The average Bonchev–Trinajstić information content (AvgIpc) is 2.33. The van der Waals surface area contributed by atoms with E-state index in [0.717, 1.165) is 18.6 Å². The van der Waals surface area contributed by atoms with Gasteiger partial charge in [-0.1, -0.05) is 20.3 Å². The van der Waals surface area contributed by atoms with Crippen LogP contribution in [0.2, 0.25) is 0 Å². The maximum atomic E-state index is 13.5. The number of nitrogens with one attached hydrogen (secondary N) is 1. The van der Waals surface area contributed by atoms with Crippen molar-refractivity contribution in [3.05, 3.63) is 28.0 Å². The van der Waals surface area contributed by atoms with Crippen LogP contribution in [-0.2, 0) is 10.0 Å². The smallest absolute Gasteiger partial charge is 0.252 e. The van der Waals surface area contributed by atoms with Crippen molar-refractivity contribution in [2.45, 2.75) is 25.2 Å². The van der Waals surface area contributed by atoms with E-state index < -0.39 is 26.6 Å². The van der Waals surface area contributed by atoms with E-state index in [1.807, 2.05) is 13.8 Å². The zero-order valence-electron chi connectivity index (χ0n) is 11.1. The minimum atomic E-state index is -4.22. The molecule has 1 rings (SSSR count). The number of benzene rings is 1. The lowest BCUT2D eigenvalue weighted by molar-refractivity contribution is 0.0946. The Bertz CT molecular complexity index is 619. The molecule has 8 heteroatoms. The molecule has 3 N–H and O–H groups in total. The normalized spacial score (nSPS) is 13.1. The molecule has 0 aromatic heterocycles. The topological polar surface area (TPSA) is 89.3 Å². The number of halogens is 2. The molecule has 5 nitrogen and oxygen atoms in total. The van der Waals surface area contributed by atoms with Crippen LogP contribution in [0.4, 0.5) is 4.39 Å². The molecular weight excluding hydrogens is 351 g/mol. The van der Waals surface area contributed by atoms with Gasteiger partial charge in [-0.25, -0.2) is 17.9 Å². The highest BCUT2D eigenvalue weighted by molar-refractivity contribution is 9.10. The molecule has 1 atom stereocenters. The number of hydrogen-bond acceptors (Lipinski definition) is 3. The molecule has 0 fully saturated rings. The van der Waals surface area contributed by atoms with Crippen LogP contribution in [0.1, 0.15) is 30.6 Å². The van der Waals surface area contributed by atoms with Crippen LogP contribution in [-0.4, -0.2) is 20.9 Å². The fraction of sp³-hybridized carbons (Fsp3) is 0.417. The maximum absolute atomic E-state index is 13.5. The van der Waals surface area contributed by atoms with Crippen LogP contribution in [0.3, 0.4) is 0 Å². The molecule has 1 aromatic carbocycles. The molecule has 0 radical (unpaired) electrons. The van der Waals surface area contributed by atoms with Gasteiger partial charge in [0, 0.05) is 11.0 Å². The predicted molar refractivity (Wildman–Crippen MR) is 77.3 cm³/mol. The molecule has 20 heavy (non-hydrogen) atoms. The summed E-state index contributed by atoms with van der Waals surface area (Å²) in [7, 11) is -4.22. The predicted octanol–water partition coefficient (Wildman–Crippen LogP) is 2.01. The Balaban J connectivity index is 3.10. The monoisotopic (exact) mass is 366 g/mol. The van der Waals surface area contributed by atoms with E-state index >= 15 is 0 Å². The van der Waals surface area contributed by atoms with Gasteiger partial charge in [-0.15, -0.1) is 0 Å². The SMILES string of the molecule is CCC(C)CNC(=O)c1cc(S(N)(=O)=O)c(F)cc1Br. The Morgan fingerprint density at radius 2 is 2.10 bits per heavy atom. The van der Waals surface area contributed by atoms with Crippen molar-refractivity contribution in [3.8, 4) is 0 Å². The molecule has 0 bridgehead atoms. The number of carbonyl (C=O) groups is 1. The van der Waals surface area contributed by atoms with Crippen molar-refractivity contribution in [1.82, 2.24) is 5.32 Å². The van der Waals surface area contributed by atoms with E-state index in [4.69, 9.17) is 5.14 Å². The number of primary sulfonamides is 1. The highest BCUT2D eigenvalue weighted by Gasteiger charge is 2.20. The third-order valence-electron chi connectivity index (χ3n) is 2.88. The molecule has 0 aliphatic carbocycles. The van der Waals surface area contributed by atoms with Gasteiger partial charge in [0.2, 0.25) is 10.0 Å². The zero-order chi connectivity index (χ0) is 15.5. The van der Waals surface area contributed by atoms with Gasteiger partial charge < -0.3 is 5.32 Å². The van der Waals surface area contributed by atoms with Gasteiger partial charge in [-0.05, 0) is 34.0 Å². The van der Waals surface area contributed by atoms with Crippen LogP contribution < -0.4 is 10.5 Å². The van der Waals surface area contributed by atoms with Gasteiger partial charge in [-0.2, -0.15) is 0 Å². The molecule has 0 heterocycles. The molecule has 0 spiro atoms. The summed E-state index contributed by atoms with van der Waals surface area (Å²) in [5.41, 5.74) is 0.0266. The summed E-state index contributed by atoms with van der Waals surface area (Å²) in [6, 6.07) is 1.85. The van der Waals surface area contributed by atoms with E-state index in [-0.39, 0.29) is 16.0 Å². The summed E-state index contributed by atoms with van der Waals surface area (Å²) in [4.78, 5) is 11.3.